The zero-order chi connectivity index (χ0) is 22.7. The van der Waals surface area contributed by atoms with Gasteiger partial charge in [-0.15, -0.1) is 0 Å². The molecule has 2 aliphatic heterocycles. The number of nitrogens with one attached hydrogen (secondary N) is 1. The van der Waals surface area contributed by atoms with Crippen molar-refractivity contribution in [2.24, 2.45) is 5.41 Å². The number of nitrogens with zero attached hydrogens (tertiary/aromatic N) is 2. The fourth-order valence-electron chi connectivity index (χ4n) is 4.50. The van der Waals surface area contributed by atoms with E-state index in [2.05, 4.69) is 10.4 Å². The average molecular weight is 464 g/mol. The summed E-state index contributed by atoms with van der Waals surface area (Å²) in [4.78, 5) is 25.1. The molecule has 9 heteroatoms. The lowest BCUT2D eigenvalue weighted by atomic mass is 9.76. The molecule has 2 aromatic rings. The van der Waals surface area contributed by atoms with Crippen molar-refractivity contribution in [3.05, 3.63) is 51.6 Å². The minimum Gasteiger partial charge on any atom is -0.462 e. The van der Waals surface area contributed by atoms with Crippen LogP contribution in [0, 0.1) is 11.2 Å². The van der Waals surface area contributed by atoms with E-state index in [9.17, 15) is 14.0 Å². The zero-order valence-corrected chi connectivity index (χ0v) is 18.8. The van der Waals surface area contributed by atoms with Gasteiger partial charge in [0.1, 0.15) is 11.4 Å². The van der Waals surface area contributed by atoms with Gasteiger partial charge in [0.05, 0.1) is 28.6 Å². The van der Waals surface area contributed by atoms with Crippen LogP contribution < -0.4 is 5.32 Å². The number of carbonyl (C=O) groups excluding carboxylic acids is 2. The van der Waals surface area contributed by atoms with E-state index in [-0.39, 0.29) is 28.5 Å². The predicted molar refractivity (Wildman–Crippen MR) is 116 cm³/mol. The molecule has 0 radical (unpaired) electrons. The zero-order valence-electron chi connectivity index (χ0n) is 18.1. The van der Waals surface area contributed by atoms with E-state index in [1.807, 2.05) is 11.6 Å². The van der Waals surface area contributed by atoms with Crippen LogP contribution in [0.3, 0.4) is 0 Å². The SMILES string of the molecule is CCc1nn(CCCOC(=O)c2c(F)cccc2Cl)c2c1C(=O)NCC1(CCOCC1)C2. The van der Waals surface area contributed by atoms with E-state index in [1.165, 1.54) is 18.2 Å². The summed E-state index contributed by atoms with van der Waals surface area (Å²) in [5.41, 5.74) is 2.09. The highest BCUT2D eigenvalue weighted by Gasteiger charge is 2.39. The number of aromatic nitrogens is 2. The molecule has 4 rings (SSSR count). The summed E-state index contributed by atoms with van der Waals surface area (Å²) in [7, 11) is 0. The number of aryl methyl sites for hydroxylation is 2. The topological polar surface area (TPSA) is 82.5 Å². The Hall–Kier alpha value is -2.45. The Morgan fingerprint density at radius 3 is 2.88 bits per heavy atom. The third-order valence-corrected chi connectivity index (χ3v) is 6.64. The maximum Gasteiger partial charge on any atom is 0.342 e. The van der Waals surface area contributed by atoms with Crippen molar-refractivity contribution >= 4 is 23.5 Å². The quantitative estimate of drug-likeness (QED) is 0.523. The normalized spacial score (nSPS) is 17.5. The number of esters is 1. The molecule has 0 unspecified atom stereocenters. The molecular formula is C23H27ClFN3O4. The van der Waals surface area contributed by atoms with Crippen molar-refractivity contribution in [1.29, 1.82) is 0 Å². The summed E-state index contributed by atoms with van der Waals surface area (Å²) in [6, 6.07) is 4.05. The van der Waals surface area contributed by atoms with Crippen LogP contribution in [0.4, 0.5) is 4.39 Å². The summed E-state index contributed by atoms with van der Waals surface area (Å²) >= 11 is 5.93. The molecule has 0 bridgehead atoms. The van der Waals surface area contributed by atoms with Gasteiger partial charge in [0.2, 0.25) is 0 Å². The van der Waals surface area contributed by atoms with Crippen LogP contribution in [0.5, 0.6) is 0 Å². The van der Waals surface area contributed by atoms with E-state index in [4.69, 9.17) is 21.1 Å². The van der Waals surface area contributed by atoms with Gasteiger partial charge in [-0.3, -0.25) is 9.48 Å². The summed E-state index contributed by atoms with van der Waals surface area (Å²) in [5, 5.41) is 7.80. The van der Waals surface area contributed by atoms with Crippen molar-refractivity contribution < 1.29 is 23.5 Å². The number of carbonyl (C=O) groups is 2. The maximum absolute atomic E-state index is 13.9. The smallest absolute Gasteiger partial charge is 0.342 e. The molecule has 1 saturated heterocycles. The van der Waals surface area contributed by atoms with E-state index < -0.39 is 11.8 Å². The second kappa shape index (κ2) is 9.58. The highest BCUT2D eigenvalue weighted by molar-refractivity contribution is 6.33. The molecule has 0 aliphatic carbocycles. The molecule has 7 nitrogen and oxygen atoms in total. The van der Waals surface area contributed by atoms with E-state index in [0.717, 1.165) is 30.7 Å². The fourth-order valence-corrected chi connectivity index (χ4v) is 4.74. The number of hydrogen-bond acceptors (Lipinski definition) is 5. The molecule has 2 aliphatic rings. The van der Waals surface area contributed by atoms with Gasteiger partial charge in [-0.05, 0) is 43.2 Å². The largest absolute Gasteiger partial charge is 0.462 e. The number of halogens is 2. The third-order valence-electron chi connectivity index (χ3n) is 6.33. The molecule has 3 heterocycles. The molecule has 0 atom stereocenters. The highest BCUT2D eigenvalue weighted by atomic mass is 35.5. The number of hydrogen-bond donors (Lipinski definition) is 1. The van der Waals surface area contributed by atoms with E-state index >= 15 is 0 Å². The van der Waals surface area contributed by atoms with Crippen LogP contribution in [0.15, 0.2) is 18.2 Å². The minimum absolute atomic E-state index is 0.0211. The van der Waals surface area contributed by atoms with Gasteiger partial charge >= 0.3 is 5.97 Å². The van der Waals surface area contributed by atoms with Gasteiger partial charge in [0.25, 0.3) is 5.91 Å². The highest BCUT2D eigenvalue weighted by Crippen LogP contribution is 2.37. The Balaban J connectivity index is 1.46. The first-order valence-electron chi connectivity index (χ1n) is 11.0. The fraction of sp³-hybridized carbons (Fsp3) is 0.522. The molecule has 0 saturated carbocycles. The Bertz CT molecular complexity index is 997. The summed E-state index contributed by atoms with van der Waals surface area (Å²) < 4.78 is 26.6. The third kappa shape index (κ3) is 4.52. The standard InChI is InChI=1S/C23H27ClFN3O4/c1-2-17-20-18(13-23(14-26-21(20)29)7-11-31-12-8-23)28(27-17)9-4-10-32-22(30)19-15(24)5-3-6-16(19)25/h3,5-6H,2,4,7-14H2,1H3,(H,26,29). The first-order chi connectivity index (χ1) is 15.4. The lowest BCUT2D eigenvalue weighted by Gasteiger charge is -2.36. The van der Waals surface area contributed by atoms with Crippen LogP contribution in [-0.2, 0) is 28.9 Å². The molecule has 1 spiro atoms. The van der Waals surface area contributed by atoms with Gasteiger partial charge in [0.15, 0.2) is 0 Å². The molecule has 1 fully saturated rings. The Labute approximate surface area is 191 Å². The Kier molecular flexibility index (Phi) is 6.81. The first-order valence-corrected chi connectivity index (χ1v) is 11.4. The number of benzene rings is 1. The summed E-state index contributed by atoms with van der Waals surface area (Å²) in [6.07, 6.45) is 3.66. The van der Waals surface area contributed by atoms with Crippen LogP contribution in [-0.4, -0.2) is 48.0 Å². The van der Waals surface area contributed by atoms with Crippen molar-refractivity contribution in [2.45, 2.75) is 45.6 Å². The molecule has 1 aromatic heterocycles. The molecule has 172 valence electrons. The second-order valence-corrected chi connectivity index (χ2v) is 8.81. The van der Waals surface area contributed by atoms with Crippen LogP contribution in [0.25, 0.3) is 0 Å². The van der Waals surface area contributed by atoms with Crippen molar-refractivity contribution in [3.63, 3.8) is 0 Å². The summed E-state index contributed by atoms with van der Waals surface area (Å²) in [6.45, 7) is 4.57. The van der Waals surface area contributed by atoms with Gasteiger partial charge in [0, 0.05) is 32.7 Å². The maximum atomic E-state index is 13.9. The lowest BCUT2D eigenvalue weighted by molar-refractivity contribution is 0.0152. The van der Waals surface area contributed by atoms with E-state index in [1.54, 1.807) is 0 Å². The number of rotatable bonds is 6. The van der Waals surface area contributed by atoms with Gasteiger partial charge in [-0.2, -0.15) is 5.10 Å². The second-order valence-electron chi connectivity index (χ2n) is 8.40. The lowest BCUT2D eigenvalue weighted by Crippen LogP contribution is -2.40. The Morgan fingerprint density at radius 2 is 2.16 bits per heavy atom. The van der Waals surface area contributed by atoms with Crippen LogP contribution in [0.2, 0.25) is 5.02 Å². The molecule has 32 heavy (non-hydrogen) atoms. The summed E-state index contributed by atoms with van der Waals surface area (Å²) in [5.74, 6) is -1.57. The predicted octanol–water partition coefficient (Wildman–Crippen LogP) is 3.57. The van der Waals surface area contributed by atoms with Crippen molar-refractivity contribution in [3.8, 4) is 0 Å². The van der Waals surface area contributed by atoms with Crippen molar-refractivity contribution in [2.75, 3.05) is 26.4 Å². The number of ether oxygens (including phenoxy) is 2. The molecule has 1 N–H and O–H groups in total. The Morgan fingerprint density at radius 1 is 1.38 bits per heavy atom. The van der Waals surface area contributed by atoms with Gasteiger partial charge in [-0.1, -0.05) is 24.6 Å². The van der Waals surface area contributed by atoms with Crippen molar-refractivity contribution in [1.82, 2.24) is 15.1 Å². The number of amides is 1. The monoisotopic (exact) mass is 463 g/mol. The molecular weight excluding hydrogens is 437 g/mol. The number of fused-ring (bicyclic) bond motifs is 1. The van der Waals surface area contributed by atoms with Gasteiger partial charge < -0.3 is 14.8 Å². The molecule has 1 amide bonds. The van der Waals surface area contributed by atoms with Crippen LogP contribution >= 0.6 is 11.6 Å². The van der Waals surface area contributed by atoms with E-state index in [0.29, 0.717) is 44.7 Å². The first kappa shape index (κ1) is 22.7. The van der Waals surface area contributed by atoms with Crippen LogP contribution in [0.1, 0.15) is 58.3 Å². The average Bonchev–Trinajstić information content (AvgIpc) is 3.05. The minimum atomic E-state index is -0.790. The van der Waals surface area contributed by atoms with Gasteiger partial charge in [-0.25, -0.2) is 9.18 Å². The molecule has 1 aromatic carbocycles.